The number of hydrogen-bond acceptors (Lipinski definition) is 5. The van der Waals surface area contributed by atoms with Crippen LogP contribution >= 0.6 is 0 Å². The van der Waals surface area contributed by atoms with Crippen LogP contribution < -0.4 is 10.5 Å². The molecule has 1 aromatic carbocycles. The van der Waals surface area contributed by atoms with E-state index in [9.17, 15) is 14.0 Å². The van der Waals surface area contributed by atoms with Crippen LogP contribution in [0.5, 0.6) is 5.75 Å². The molecule has 8 heteroatoms. The number of halogens is 1. The molecule has 2 fully saturated rings. The molecule has 2 amide bonds. The molecule has 1 atom stereocenters. The fourth-order valence-electron chi connectivity index (χ4n) is 2.81. The number of benzene rings is 1. The first-order valence-corrected chi connectivity index (χ1v) is 7.45. The number of hydrogen-bond donors (Lipinski definition) is 1. The average molecular weight is 323 g/mol. The number of piperazine rings is 1. The Morgan fingerprint density at radius 1 is 1.43 bits per heavy atom. The number of cyclic esters (lactones) is 1. The van der Waals surface area contributed by atoms with Gasteiger partial charge in [-0.05, 0) is 18.2 Å². The van der Waals surface area contributed by atoms with Gasteiger partial charge in [-0.15, -0.1) is 0 Å². The van der Waals surface area contributed by atoms with Gasteiger partial charge in [0.25, 0.3) is 5.91 Å². The van der Waals surface area contributed by atoms with Crippen molar-refractivity contribution in [2.45, 2.75) is 6.04 Å². The molecule has 0 saturated carbocycles. The number of nitrogens with two attached hydrogens (primary N) is 1. The Kier molecular flexibility index (Phi) is 4.33. The SMILES string of the molecule is NCCOc1ccc(F)cc1C(=O)N1CCN2C(=O)OC[C@H]2C1. The summed E-state index contributed by atoms with van der Waals surface area (Å²) in [5.41, 5.74) is 5.56. The molecule has 0 spiro atoms. The van der Waals surface area contributed by atoms with E-state index in [0.29, 0.717) is 31.9 Å². The van der Waals surface area contributed by atoms with Crippen LogP contribution in [0.25, 0.3) is 0 Å². The van der Waals surface area contributed by atoms with Crippen LogP contribution in [0.4, 0.5) is 9.18 Å². The highest BCUT2D eigenvalue weighted by molar-refractivity contribution is 5.97. The maximum atomic E-state index is 13.5. The first-order valence-electron chi connectivity index (χ1n) is 7.45. The van der Waals surface area contributed by atoms with E-state index in [2.05, 4.69) is 0 Å². The highest BCUT2D eigenvalue weighted by Crippen LogP contribution is 2.24. The number of ether oxygens (including phenoxy) is 2. The third-order valence-corrected chi connectivity index (χ3v) is 3.95. The van der Waals surface area contributed by atoms with Crippen LogP contribution in [0.2, 0.25) is 0 Å². The van der Waals surface area contributed by atoms with Gasteiger partial charge >= 0.3 is 6.09 Å². The van der Waals surface area contributed by atoms with Crippen molar-refractivity contribution in [1.29, 1.82) is 0 Å². The Bertz CT molecular complexity index is 625. The standard InChI is InChI=1S/C15H18FN3O4/c16-10-1-2-13(22-6-3-17)12(7-10)14(20)18-4-5-19-11(8-18)9-23-15(19)21/h1-2,7,11H,3-6,8-9,17H2/t11-/m1/s1. The highest BCUT2D eigenvalue weighted by Gasteiger charge is 2.39. The Morgan fingerprint density at radius 3 is 3.04 bits per heavy atom. The number of amides is 2. The molecule has 2 aliphatic heterocycles. The first kappa shape index (κ1) is 15.5. The van der Waals surface area contributed by atoms with Gasteiger partial charge in [-0.2, -0.15) is 0 Å². The summed E-state index contributed by atoms with van der Waals surface area (Å²) < 4.78 is 23.9. The van der Waals surface area contributed by atoms with E-state index in [-0.39, 0.29) is 36.8 Å². The van der Waals surface area contributed by atoms with Crippen molar-refractivity contribution in [2.75, 3.05) is 39.4 Å². The Balaban J connectivity index is 1.77. The summed E-state index contributed by atoms with van der Waals surface area (Å²) in [7, 11) is 0. The zero-order valence-corrected chi connectivity index (χ0v) is 12.5. The number of carbonyl (C=O) groups excluding carboxylic acids is 2. The van der Waals surface area contributed by atoms with Gasteiger partial charge in [-0.1, -0.05) is 0 Å². The topological polar surface area (TPSA) is 85.1 Å². The fourth-order valence-corrected chi connectivity index (χ4v) is 2.81. The van der Waals surface area contributed by atoms with Crippen LogP contribution in [-0.4, -0.2) is 67.2 Å². The molecular weight excluding hydrogens is 305 g/mol. The van der Waals surface area contributed by atoms with E-state index >= 15 is 0 Å². The monoisotopic (exact) mass is 323 g/mol. The molecule has 2 N–H and O–H groups in total. The predicted molar refractivity (Wildman–Crippen MR) is 78.7 cm³/mol. The minimum atomic E-state index is -0.508. The van der Waals surface area contributed by atoms with Gasteiger partial charge in [0, 0.05) is 26.2 Å². The molecule has 2 saturated heterocycles. The molecule has 124 valence electrons. The Hall–Kier alpha value is -2.35. The molecule has 1 aromatic rings. The van der Waals surface area contributed by atoms with Crippen molar-refractivity contribution in [3.63, 3.8) is 0 Å². The van der Waals surface area contributed by atoms with Crippen molar-refractivity contribution in [1.82, 2.24) is 9.80 Å². The van der Waals surface area contributed by atoms with Gasteiger partial charge < -0.3 is 20.1 Å². The van der Waals surface area contributed by atoms with Gasteiger partial charge in [-0.25, -0.2) is 9.18 Å². The molecule has 7 nitrogen and oxygen atoms in total. The summed E-state index contributed by atoms with van der Waals surface area (Å²) in [6.07, 6.45) is -0.347. The quantitative estimate of drug-likeness (QED) is 0.869. The second kappa shape index (κ2) is 6.41. The lowest BCUT2D eigenvalue weighted by Crippen LogP contribution is -2.53. The highest BCUT2D eigenvalue weighted by atomic mass is 19.1. The number of carbonyl (C=O) groups is 2. The zero-order chi connectivity index (χ0) is 16.4. The van der Waals surface area contributed by atoms with Crippen LogP contribution in [-0.2, 0) is 4.74 Å². The summed E-state index contributed by atoms with van der Waals surface area (Å²) >= 11 is 0. The van der Waals surface area contributed by atoms with Crippen LogP contribution in [0.3, 0.4) is 0 Å². The van der Waals surface area contributed by atoms with E-state index < -0.39 is 5.82 Å². The second-order valence-corrected chi connectivity index (χ2v) is 5.45. The molecule has 3 rings (SSSR count). The lowest BCUT2D eigenvalue weighted by molar-refractivity contribution is 0.0612. The third kappa shape index (κ3) is 3.07. The van der Waals surface area contributed by atoms with Crippen molar-refractivity contribution < 1.29 is 23.5 Å². The van der Waals surface area contributed by atoms with Gasteiger partial charge in [-0.3, -0.25) is 9.69 Å². The molecule has 0 bridgehead atoms. The van der Waals surface area contributed by atoms with Crippen molar-refractivity contribution in [2.24, 2.45) is 5.73 Å². The third-order valence-electron chi connectivity index (χ3n) is 3.95. The number of fused-ring (bicyclic) bond motifs is 1. The number of nitrogens with zero attached hydrogens (tertiary/aromatic N) is 2. The fraction of sp³-hybridized carbons (Fsp3) is 0.467. The molecule has 23 heavy (non-hydrogen) atoms. The van der Waals surface area contributed by atoms with E-state index in [0.717, 1.165) is 6.07 Å². The lowest BCUT2D eigenvalue weighted by atomic mass is 10.1. The molecule has 0 aromatic heterocycles. The first-order chi connectivity index (χ1) is 11.1. The van der Waals surface area contributed by atoms with Gasteiger partial charge in [0.05, 0.1) is 11.6 Å². The summed E-state index contributed by atoms with van der Waals surface area (Å²) in [5, 5.41) is 0. The normalized spacial score (nSPS) is 20.3. The number of rotatable bonds is 4. The summed E-state index contributed by atoms with van der Waals surface area (Å²) in [6.45, 7) is 1.94. The molecule has 0 unspecified atom stereocenters. The van der Waals surface area contributed by atoms with Crippen molar-refractivity contribution in [3.05, 3.63) is 29.6 Å². The predicted octanol–water partition coefficient (Wildman–Crippen LogP) is 0.440. The smallest absolute Gasteiger partial charge is 0.410 e. The minimum Gasteiger partial charge on any atom is -0.491 e. The second-order valence-electron chi connectivity index (χ2n) is 5.45. The van der Waals surface area contributed by atoms with Crippen molar-refractivity contribution >= 4 is 12.0 Å². The maximum Gasteiger partial charge on any atom is 0.410 e. The minimum absolute atomic E-state index is 0.151. The van der Waals surface area contributed by atoms with Crippen molar-refractivity contribution in [3.8, 4) is 5.75 Å². The van der Waals surface area contributed by atoms with E-state index in [1.54, 1.807) is 9.80 Å². The largest absolute Gasteiger partial charge is 0.491 e. The average Bonchev–Trinajstić information content (AvgIpc) is 2.93. The Labute approximate surface area is 132 Å². The molecule has 2 aliphatic rings. The summed E-state index contributed by atoms with van der Waals surface area (Å²) in [4.78, 5) is 27.4. The van der Waals surface area contributed by atoms with E-state index in [4.69, 9.17) is 15.2 Å². The van der Waals surface area contributed by atoms with Crippen LogP contribution in [0.1, 0.15) is 10.4 Å². The molecule has 0 radical (unpaired) electrons. The molecular formula is C15H18FN3O4. The van der Waals surface area contributed by atoms with Gasteiger partial charge in [0.1, 0.15) is 24.8 Å². The zero-order valence-electron chi connectivity index (χ0n) is 12.5. The van der Waals surface area contributed by atoms with E-state index in [1.165, 1.54) is 12.1 Å². The lowest BCUT2D eigenvalue weighted by Gasteiger charge is -2.35. The van der Waals surface area contributed by atoms with Gasteiger partial charge in [0.15, 0.2) is 0 Å². The van der Waals surface area contributed by atoms with Gasteiger partial charge in [0.2, 0.25) is 0 Å². The summed E-state index contributed by atoms with van der Waals surface area (Å²) in [5.74, 6) is -0.523. The summed E-state index contributed by atoms with van der Waals surface area (Å²) in [6, 6.07) is 3.68. The molecule has 2 heterocycles. The maximum absolute atomic E-state index is 13.5. The molecule has 0 aliphatic carbocycles. The Morgan fingerprint density at radius 2 is 2.26 bits per heavy atom. The van der Waals surface area contributed by atoms with Crippen LogP contribution in [0, 0.1) is 5.82 Å². The van der Waals surface area contributed by atoms with Crippen LogP contribution in [0.15, 0.2) is 18.2 Å². The van der Waals surface area contributed by atoms with E-state index in [1.807, 2.05) is 0 Å².